The Hall–Kier alpha value is -1.29. The van der Waals surface area contributed by atoms with E-state index in [1.807, 2.05) is 25.4 Å². The molecule has 0 aromatic carbocycles. The molecule has 82 valence electrons. The molecule has 0 spiro atoms. The summed E-state index contributed by atoms with van der Waals surface area (Å²) >= 11 is 0. The molecule has 1 unspecified atom stereocenters. The van der Waals surface area contributed by atoms with Crippen LogP contribution in [0.5, 0.6) is 0 Å². The molecule has 1 saturated heterocycles. The van der Waals surface area contributed by atoms with Gasteiger partial charge in [0, 0.05) is 18.9 Å². The number of rotatable bonds is 3. The second-order valence-electron chi connectivity index (χ2n) is 4.26. The molecule has 1 atom stereocenters. The predicted octanol–water partition coefficient (Wildman–Crippen LogP) is 0.773. The number of hydrogen-bond acceptors (Lipinski definition) is 2. The summed E-state index contributed by atoms with van der Waals surface area (Å²) in [6, 6.07) is 1.96. The highest BCUT2D eigenvalue weighted by atomic mass is 16.2. The van der Waals surface area contributed by atoms with Gasteiger partial charge in [-0.05, 0) is 37.9 Å². The normalized spacial score (nSPS) is 25.4. The Balaban J connectivity index is 1.87. The van der Waals surface area contributed by atoms with Crippen LogP contribution >= 0.6 is 0 Å². The zero-order valence-electron chi connectivity index (χ0n) is 8.97. The fraction of sp³-hybridized carbons (Fsp3) is 0.545. The average Bonchev–Trinajstić information content (AvgIpc) is 2.85. The molecule has 4 heteroatoms. The zero-order chi connectivity index (χ0) is 10.7. The van der Waals surface area contributed by atoms with Crippen LogP contribution in [0.25, 0.3) is 0 Å². The van der Waals surface area contributed by atoms with Crippen LogP contribution in [0.2, 0.25) is 0 Å². The number of amides is 1. The Bertz CT molecular complexity index is 326. The molecular weight excluding hydrogens is 190 g/mol. The number of nitrogens with one attached hydrogen (secondary N) is 3. The van der Waals surface area contributed by atoms with Crippen molar-refractivity contribution in [1.29, 1.82) is 0 Å². The van der Waals surface area contributed by atoms with Crippen LogP contribution in [0.1, 0.15) is 25.3 Å². The molecule has 1 aliphatic heterocycles. The van der Waals surface area contributed by atoms with Crippen LogP contribution in [0.15, 0.2) is 18.5 Å². The summed E-state index contributed by atoms with van der Waals surface area (Å²) in [4.78, 5) is 14.8. The lowest BCUT2D eigenvalue weighted by molar-refractivity contribution is -0.126. The van der Waals surface area contributed by atoms with Gasteiger partial charge in [-0.25, -0.2) is 0 Å². The van der Waals surface area contributed by atoms with E-state index in [1.54, 1.807) is 0 Å². The van der Waals surface area contributed by atoms with Crippen LogP contribution in [0.4, 0.5) is 0 Å². The van der Waals surface area contributed by atoms with Crippen molar-refractivity contribution in [2.45, 2.75) is 31.8 Å². The Morgan fingerprint density at radius 1 is 1.67 bits per heavy atom. The van der Waals surface area contributed by atoms with Gasteiger partial charge in [0.05, 0.1) is 5.54 Å². The standard InChI is InChI=1S/C11H17N3O/c1-11(4-2-5-14-11)10(15)13-8-9-3-6-12-7-9/h3,6-7,12,14H,2,4-5,8H2,1H3,(H,13,15). The first-order valence-corrected chi connectivity index (χ1v) is 5.36. The maximum Gasteiger partial charge on any atom is 0.240 e. The van der Waals surface area contributed by atoms with E-state index >= 15 is 0 Å². The van der Waals surface area contributed by atoms with Gasteiger partial charge < -0.3 is 15.6 Å². The second-order valence-corrected chi connectivity index (χ2v) is 4.26. The van der Waals surface area contributed by atoms with Gasteiger partial charge in [0.25, 0.3) is 0 Å². The maximum absolute atomic E-state index is 11.9. The summed E-state index contributed by atoms with van der Waals surface area (Å²) in [6.45, 7) is 3.50. The molecule has 1 aromatic heterocycles. The van der Waals surface area contributed by atoms with E-state index in [-0.39, 0.29) is 11.4 Å². The van der Waals surface area contributed by atoms with Crippen LogP contribution in [0.3, 0.4) is 0 Å². The molecule has 0 bridgehead atoms. The molecule has 0 aliphatic carbocycles. The molecule has 1 aliphatic rings. The van der Waals surface area contributed by atoms with Gasteiger partial charge in [0.2, 0.25) is 5.91 Å². The van der Waals surface area contributed by atoms with Crippen LogP contribution in [-0.2, 0) is 11.3 Å². The highest BCUT2D eigenvalue weighted by molar-refractivity contribution is 5.86. The van der Waals surface area contributed by atoms with Crippen molar-refractivity contribution in [3.63, 3.8) is 0 Å². The topological polar surface area (TPSA) is 56.9 Å². The van der Waals surface area contributed by atoms with Crippen molar-refractivity contribution in [3.05, 3.63) is 24.0 Å². The monoisotopic (exact) mass is 207 g/mol. The van der Waals surface area contributed by atoms with Gasteiger partial charge in [0.15, 0.2) is 0 Å². The lowest BCUT2D eigenvalue weighted by Gasteiger charge is -2.22. The number of carbonyl (C=O) groups excluding carboxylic acids is 1. The minimum absolute atomic E-state index is 0.0983. The predicted molar refractivity (Wildman–Crippen MR) is 58.3 cm³/mol. The van der Waals surface area contributed by atoms with Gasteiger partial charge in [-0.1, -0.05) is 0 Å². The smallest absolute Gasteiger partial charge is 0.240 e. The first kappa shape index (κ1) is 10.2. The van der Waals surface area contributed by atoms with E-state index in [0.29, 0.717) is 6.54 Å². The minimum atomic E-state index is -0.365. The van der Waals surface area contributed by atoms with Crippen molar-refractivity contribution in [1.82, 2.24) is 15.6 Å². The van der Waals surface area contributed by atoms with E-state index in [0.717, 1.165) is 24.9 Å². The Labute approximate surface area is 89.5 Å². The fourth-order valence-electron chi connectivity index (χ4n) is 1.93. The molecule has 1 amide bonds. The summed E-state index contributed by atoms with van der Waals surface area (Å²) in [5.41, 5.74) is 0.737. The van der Waals surface area contributed by atoms with Gasteiger partial charge in [0.1, 0.15) is 0 Å². The van der Waals surface area contributed by atoms with Crippen LogP contribution < -0.4 is 10.6 Å². The van der Waals surface area contributed by atoms with Gasteiger partial charge >= 0.3 is 0 Å². The van der Waals surface area contributed by atoms with E-state index in [9.17, 15) is 4.79 Å². The first-order valence-electron chi connectivity index (χ1n) is 5.36. The number of H-pyrrole nitrogens is 1. The summed E-state index contributed by atoms with van der Waals surface area (Å²) < 4.78 is 0. The molecule has 1 fully saturated rings. The second kappa shape index (κ2) is 4.06. The maximum atomic E-state index is 11.9. The zero-order valence-corrected chi connectivity index (χ0v) is 8.97. The van der Waals surface area contributed by atoms with Gasteiger partial charge in [-0.15, -0.1) is 0 Å². The number of hydrogen-bond donors (Lipinski definition) is 3. The highest BCUT2D eigenvalue weighted by Crippen LogP contribution is 2.18. The summed E-state index contributed by atoms with van der Waals surface area (Å²) in [5, 5.41) is 6.19. The van der Waals surface area contributed by atoms with Crippen LogP contribution in [-0.4, -0.2) is 23.0 Å². The lowest BCUT2D eigenvalue weighted by atomic mass is 9.99. The summed E-state index contributed by atoms with van der Waals surface area (Å²) in [7, 11) is 0. The fourth-order valence-corrected chi connectivity index (χ4v) is 1.93. The average molecular weight is 207 g/mol. The molecule has 3 N–H and O–H groups in total. The molecule has 1 aromatic rings. The van der Waals surface area contributed by atoms with Gasteiger partial charge in [-0.3, -0.25) is 4.79 Å². The number of aromatic nitrogens is 1. The van der Waals surface area contributed by atoms with Crippen molar-refractivity contribution in [2.24, 2.45) is 0 Å². The van der Waals surface area contributed by atoms with Crippen molar-refractivity contribution in [2.75, 3.05) is 6.54 Å². The molecule has 0 saturated carbocycles. The van der Waals surface area contributed by atoms with Gasteiger partial charge in [-0.2, -0.15) is 0 Å². The Kier molecular flexibility index (Phi) is 2.77. The molecule has 0 radical (unpaired) electrons. The number of aromatic amines is 1. The first-order chi connectivity index (χ1) is 7.21. The molecule has 15 heavy (non-hydrogen) atoms. The van der Waals surface area contributed by atoms with E-state index in [1.165, 1.54) is 0 Å². The van der Waals surface area contributed by atoms with E-state index in [4.69, 9.17) is 0 Å². The quantitative estimate of drug-likeness (QED) is 0.686. The van der Waals surface area contributed by atoms with Crippen LogP contribution in [0, 0.1) is 0 Å². The van der Waals surface area contributed by atoms with E-state index in [2.05, 4.69) is 15.6 Å². The van der Waals surface area contributed by atoms with Crippen molar-refractivity contribution >= 4 is 5.91 Å². The molecule has 2 heterocycles. The third kappa shape index (κ3) is 2.21. The molecule has 2 rings (SSSR count). The minimum Gasteiger partial charge on any atom is -0.367 e. The van der Waals surface area contributed by atoms with Crippen molar-refractivity contribution < 1.29 is 4.79 Å². The third-order valence-corrected chi connectivity index (χ3v) is 2.99. The summed E-state index contributed by atoms with van der Waals surface area (Å²) in [5.74, 6) is 0.0983. The Morgan fingerprint density at radius 2 is 2.53 bits per heavy atom. The molecule has 4 nitrogen and oxygen atoms in total. The summed E-state index contributed by atoms with van der Waals surface area (Å²) in [6.07, 6.45) is 5.75. The lowest BCUT2D eigenvalue weighted by Crippen LogP contribution is -2.50. The largest absolute Gasteiger partial charge is 0.367 e. The van der Waals surface area contributed by atoms with E-state index < -0.39 is 0 Å². The SMILES string of the molecule is CC1(C(=O)NCc2cc[nH]c2)CCCN1. The highest BCUT2D eigenvalue weighted by Gasteiger charge is 2.35. The number of carbonyl (C=O) groups is 1. The Morgan fingerprint density at radius 3 is 3.13 bits per heavy atom. The third-order valence-electron chi connectivity index (χ3n) is 2.99. The van der Waals surface area contributed by atoms with Crippen molar-refractivity contribution in [3.8, 4) is 0 Å². The molecular formula is C11H17N3O.